The molecule has 1 aliphatic rings. The number of benzene rings is 1. The zero-order chi connectivity index (χ0) is 13.0. The van der Waals surface area contributed by atoms with Gasteiger partial charge < -0.3 is 9.53 Å². The summed E-state index contributed by atoms with van der Waals surface area (Å²) in [7, 11) is 1.59. The van der Waals surface area contributed by atoms with Crippen LogP contribution in [0.5, 0.6) is 5.75 Å². The van der Waals surface area contributed by atoms with Crippen molar-refractivity contribution in [2.24, 2.45) is 5.92 Å². The average molecular weight is 251 g/mol. The fourth-order valence-electron chi connectivity index (χ4n) is 2.36. The van der Waals surface area contributed by atoms with Gasteiger partial charge in [-0.1, -0.05) is 0 Å². The Morgan fingerprint density at radius 2 is 2.17 bits per heavy atom. The summed E-state index contributed by atoms with van der Waals surface area (Å²) in [5.41, 5.74) is 0.863. The number of hydrogen-bond donors (Lipinski definition) is 0. The number of halogens is 1. The smallest absolute Gasteiger partial charge is 0.123 e. The van der Waals surface area contributed by atoms with E-state index in [0.717, 1.165) is 37.8 Å². The van der Waals surface area contributed by atoms with Crippen LogP contribution < -0.4 is 4.74 Å². The molecule has 1 saturated heterocycles. The Morgan fingerprint density at radius 3 is 2.78 bits per heavy atom. The zero-order valence-electron chi connectivity index (χ0n) is 10.6. The predicted octanol–water partition coefficient (Wildman–Crippen LogP) is 2.25. The minimum absolute atomic E-state index is 0.190. The number of hydrogen-bond acceptors (Lipinski definition) is 3. The quantitative estimate of drug-likeness (QED) is 0.769. The van der Waals surface area contributed by atoms with Crippen molar-refractivity contribution in [3.8, 4) is 5.75 Å². The molecule has 0 aliphatic carbocycles. The van der Waals surface area contributed by atoms with Gasteiger partial charge in [0.2, 0.25) is 0 Å². The molecule has 0 unspecified atom stereocenters. The lowest BCUT2D eigenvalue weighted by Crippen LogP contribution is -2.33. The number of ether oxygens (including phenoxy) is 1. The van der Waals surface area contributed by atoms with Crippen LogP contribution in [-0.2, 0) is 11.3 Å². The monoisotopic (exact) mass is 251 g/mol. The number of likely N-dealkylation sites (tertiary alicyclic amines) is 1. The molecule has 0 saturated carbocycles. The highest BCUT2D eigenvalue weighted by molar-refractivity contribution is 5.53. The fourth-order valence-corrected chi connectivity index (χ4v) is 2.36. The lowest BCUT2D eigenvalue weighted by molar-refractivity contribution is -0.112. The molecule has 0 spiro atoms. The minimum Gasteiger partial charge on any atom is -0.496 e. The zero-order valence-corrected chi connectivity index (χ0v) is 10.6. The first kappa shape index (κ1) is 13.0. The van der Waals surface area contributed by atoms with E-state index in [1.54, 1.807) is 13.2 Å². The molecule has 0 bridgehead atoms. The SMILES string of the molecule is COc1ccc(F)cc1CN1CCC(C=O)CC1. The van der Waals surface area contributed by atoms with E-state index in [1.165, 1.54) is 12.1 Å². The molecule has 1 fully saturated rings. The van der Waals surface area contributed by atoms with Crippen LogP contribution in [0, 0.1) is 11.7 Å². The Bertz CT molecular complexity index is 414. The van der Waals surface area contributed by atoms with Gasteiger partial charge in [-0.2, -0.15) is 0 Å². The molecule has 0 aromatic heterocycles. The van der Waals surface area contributed by atoms with Crippen LogP contribution in [0.25, 0.3) is 0 Å². The molecular formula is C14H18FNO2. The summed E-state index contributed by atoms with van der Waals surface area (Å²) in [6.07, 6.45) is 2.82. The molecule has 1 aliphatic heterocycles. The highest BCUT2D eigenvalue weighted by Gasteiger charge is 2.19. The molecule has 4 heteroatoms. The Hall–Kier alpha value is -1.42. The summed E-state index contributed by atoms with van der Waals surface area (Å²) in [5, 5.41) is 0. The number of nitrogens with zero attached hydrogens (tertiary/aromatic N) is 1. The standard InChI is InChI=1S/C14H18FNO2/c1-18-14-3-2-13(15)8-12(14)9-16-6-4-11(10-17)5-7-16/h2-3,8,10-11H,4-7,9H2,1H3. The topological polar surface area (TPSA) is 29.5 Å². The molecule has 0 radical (unpaired) electrons. The van der Waals surface area contributed by atoms with Gasteiger partial charge >= 0.3 is 0 Å². The van der Waals surface area contributed by atoms with Gasteiger partial charge in [0.1, 0.15) is 17.9 Å². The third kappa shape index (κ3) is 3.07. The molecule has 1 aromatic carbocycles. The van der Waals surface area contributed by atoms with Gasteiger partial charge in [-0.3, -0.25) is 4.90 Å². The summed E-state index contributed by atoms with van der Waals surface area (Å²) < 4.78 is 18.5. The maximum Gasteiger partial charge on any atom is 0.123 e. The minimum atomic E-state index is -0.242. The van der Waals surface area contributed by atoms with Gasteiger partial charge in [-0.15, -0.1) is 0 Å². The van der Waals surface area contributed by atoms with Crippen LogP contribution in [0.2, 0.25) is 0 Å². The van der Waals surface area contributed by atoms with Crippen LogP contribution in [0.4, 0.5) is 4.39 Å². The van der Waals surface area contributed by atoms with E-state index < -0.39 is 0 Å². The first-order chi connectivity index (χ1) is 8.72. The van der Waals surface area contributed by atoms with E-state index in [2.05, 4.69) is 4.90 Å². The molecular weight excluding hydrogens is 233 g/mol. The second kappa shape index (κ2) is 5.96. The molecule has 0 atom stereocenters. The van der Waals surface area contributed by atoms with Crippen LogP contribution in [0.15, 0.2) is 18.2 Å². The van der Waals surface area contributed by atoms with Gasteiger partial charge in [-0.05, 0) is 44.1 Å². The molecule has 1 heterocycles. The summed E-state index contributed by atoms with van der Waals surface area (Å²) >= 11 is 0. The first-order valence-corrected chi connectivity index (χ1v) is 6.23. The molecule has 1 aromatic rings. The van der Waals surface area contributed by atoms with Crippen molar-refractivity contribution in [1.29, 1.82) is 0 Å². The van der Waals surface area contributed by atoms with Gasteiger partial charge in [0.05, 0.1) is 7.11 Å². The molecule has 18 heavy (non-hydrogen) atoms. The molecule has 3 nitrogen and oxygen atoms in total. The normalized spacial score (nSPS) is 17.7. The molecule has 2 rings (SSSR count). The van der Waals surface area contributed by atoms with Gasteiger partial charge in [-0.25, -0.2) is 4.39 Å². The molecule has 0 N–H and O–H groups in total. The van der Waals surface area contributed by atoms with Gasteiger partial charge in [0, 0.05) is 18.0 Å². The summed E-state index contributed by atoms with van der Waals surface area (Å²) in [5.74, 6) is 0.665. The van der Waals surface area contributed by atoms with Gasteiger partial charge in [0.25, 0.3) is 0 Å². The van der Waals surface area contributed by atoms with Crippen LogP contribution >= 0.6 is 0 Å². The van der Waals surface area contributed by atoms with E-state index in [9.17, 15) is 9.18 Å². The van der Waals surface area contributed by atoms with Crippen molar-refractivity contribution in [3.63, 3.8) is 0 Å². The van der Waals surface area contributed by atoms with E-state index in [-0.39, 0.29) is 11.7 Å². The average Bonchev–Trinajstić information content (AvgIpc) is 2.40. The maximum absolute atomic E-state index is 13.2. The second-order valence-electron chi connectivity index (χ2n) is 4.71. The van der Waals surface area contributed by atoms with E-state index >= 15 is 0 Å². The van der Waals surface area contributed by atoms with Crippen molar-refractivity contribution in [1.82, 2.24) is 4.90 Å². The molecule has 98 valence electrons. The van der Waals surface area contributed by atoms with Crippen LogP contribution in [0.1, 0.15) is 18.4 Å². The highest BCUT2D eigenvalue weighted by Crippen LogP contribution is 2.23. The summed E-state index contributed by atoms with van der Waals surface area (Å²) in [6, 6.07) is 4.58. The van der Waals surface area contributed by atoms with E-state index in [4.69, 9.17) is 4.74 Å². The van der Waals surface area contributed by atoms with Crippen molar-refractivity contribution in [2.75, 3.05) is 20.2 Å². The van der Waals surface area contributed by atoms with Crippen molar-refractivity contribution in [3.05, 3.63) is 29.6 Å². The number of methoxy groups -OCH3 is 1. The van der Waals surface area contributed by atoms with Crippen molar-refractivity contribution >= 4 is 6.29 Å². The summed E-state index contributed by atoms with van der Waals surface area (Å²) in [6.45, 7) is 2.43. The Balaban J connectivity index is 2.01. The fraction of sp³-hybridized carbons (Fsp3) is 0.500. The van der Waals surface area contributed by atoms with Crippen LogP contribution in [0.3, 0.4) is 0 Å². The Labute approximate surface area is 107 Å². The Morgan fingerprint density at radius 1 is 1.44 bits per heavy atom. The van der Waals surface area contributed by atoms with E-state index in [1.807, 2.05) is 0 Å². The van der Waals surface area contributed by atoms with Crippen molar-refractivity contribution < 1.29 is 13.9 Å². The van der Waals surface area contributed by atoms with Crippen molar-refractivity contribution in [2.45, 2.75) is 19.4 Å². The highest BCUT2D eigenvalue weighted by atomic mass is 19.1. The largest absolute Gasteiger partial charge is 0.496 e. The number of carbonyl (C=O) groups is 1. The third-order valence-electron chi connectivity index (χ3n) is 3.46. The second-order valence-corrected chi connectivity index (χ2v) is 4.71. The number of aldehydes is 1. The van der Waals surface area contributed by atoms with Gasteiger partial charge in [0.15, 0.2) is 0 Å². The summed E-state index contributed by atoms with van der Waals surface area (Å²) in [4.78, 5) is 12.9. The van der Waals surface area contributed by atoms with Crippen LogP contribution in [-0.4, -0.2) is 31.4 Å². The predicted molar refractivity (Wildman–Crippen MR) is 67.0 cm³/mol. The number of rotatable bonds is 4. The number of carbonyl (C=O) groups excluding carboxylic acids is 1. The molecule has 0 amide bonds. The lowest BCUT2D eigenvalue weighted by Gasteiger charge is -2.29. The maximum atomic E-state index is 13.2. The number of piperidine rings is 1. The Kier molecular flexibility index (Phi) is 4.31. The third-order valence-corrected chi connectivity index (χ3v) is 3.46. The van der Waals surface area contributed by atoms with E-state index in [0.29, 0.717) is 12.3 Å². The lowest BCUT2D eigenvalue weighted by atomic mass is 9.98. The first-order valence-electron chi connectivity index (χ1n) is 6.23.